The van der Waals surface area contributed by atoms with Crippen molar-refractivity contribution in [1.82, 2.24) is 25.4 Å². The van der Waals surface area contributed by atoms with Crippen molar-refractivity contribution in [2.24, 2.45) is 12.0 Å². The van der Waals surface area contributed by atoms with Crippen molar-refractivity contribution in [1.29, 1.82) is 0 Å². The number of aromatic nitrogens is 3. The molecule has 0 atom stereocenters. The van der Waals surface area contributed by atoms with E-state index >= 15 is 0 Å². The monoisotopic (exact) mass is 440 g/mol. The van der Waals surface area contributed by atoms with Gasteiger partial charge in [0.15, 0.2) is 11.8 Å². The highest BCUT2D eigenvalue weighted by molar-refractivity contribution is 14.0. The Kier molecular flexibility index (Phi) is 10.1. The van der Waals surface area contributed by atoms with Gasteiger partial charge in [-0.05, 0) is 46.1 Å². The molecule has 2 N–H and O–H groups in total. The number of nitrogens with zero attached hydrogens (tertiary/aromatic N) is 4. The molecule has 0 radical (unpaired) electrons. The molecule has 0 aliphatic heterocycles. The molecule has 0 bridgehead atoms. The highest BCUT2D eigenvalue weighted by Crippen LogP contribution is 2.02. The molecule has 1 aromatic heterocycles. The third-order valence-corrected chi connectivity index (χ3v) is 3.57. The summed E-state index contributed by atoms with van der Waals surface area (Å²) in [6.07, 6.45) is 3.24. The van der Waals surface area contributed by atoms with Crippen molar-refractivity contribution in [3.8, 4) is 0 Å². The molecule has 22 heavy (non-hydrogen) atoms. The van der Waals surface area contributed by atoms with Crippen molar-refractivity contribution < 1.29 is 0 Å². The van der Waals surface area contributed by atoms with E-state index in [1.54, 1.807) is 0 Å². The Balaban J connectivity index is 0.00000441. The van der Waals surface area contributed by atoms with E-state index in [-0.39, 0.29) is 29.5 Å². The van der Waals surface area contributed by atoms with Crippen LogP contribution in [-0.2, 0) is 13.6 Å². The minimum Gasteiger partial charge on any atom is -0.356 e. The van der Waals surface area contributed by atoms with Crippen molar-refractivity contribution in [3.63, 3.8) is 0 Å². The number of halogens is 1. The second kappa shape index (κ2) is 10.3. The normalized spacial score (nSPS) is 12.0. The van der Waals surface area contributed by atoms with Crippen molar-refractivity contribution >= 4 is 41.7 Å². The van der Waals surface area contributed by atoms with E-state index < -0.39 is 0 Å². The van der Waals surface area contributed by atoms with Crippen LogP contribution in [0, 0.1) is 6.92 Å². The number of thioether (sulfide) groups is 1. The number of aliphatic imine (C=N–C) groups is 1. The van der Waals surface area contributed by atoms with Gasteiger partial charge in [0.25, 0.3) is 0 Å². The first-order valence-corrected chi connectivity index (χ1v) is 8.63. The maximum absolute atomic E-state index is 4.62. The van der Waals surface area contributed by atoms with Gasteiger partial charge in [0.05, 0.1) is 0 Å². The van der Waals surface area contributed by atoms with E-state index in [0.29, 0.717) is 6.54 Å². The van der Waals surface area contributed by atoms with Gasteiger partial charge in [-0.15, -0.1) is 34.2 Å². The summed E-state index contributed by atoms with van der Waals surface area (Å²) in [6, 6.07) is 0. The highest BCUT2D eigenvalue weighted by atomic mass is 127. The molecule has 0 unspecified atom stereocenters. The van der Waals surface area contributed by atoms with Crippen LogP contribution in [0.25, 0.3) is 0 Å². The van der Waals surface area contributed by atoms with Crippen LogP contribution in [0.3, 0.4) is 0 Å². The van der Waals surface area contributed by atoms with Gasteiger partial charge < -0.3 is 15.2 Å². The first-order chi connectivity index (χ1) is 9.83. The first kappa shape index (κ1) is 21.5. The Bertz CT molecular complexity index is 466. The maximum atomic E-state index is 4.62. The molecule has 1 rings (SSSR count). The lowest BCUT2D eigenvalue weighted by molar-refractivity contribution is 0.500. The zero-order chi connectivity index (χ0) is 15.9. The molecular weight excluding hydrogens is 411 g/mol. The van der Waals surface area contributed by atoms with Gasteiger partial charge in [-0.25, -0.2) is 4.99 Å². The molecule has 0 fully saturated rings. The lowest BCUT2D eigenvalue weighted by Gasteiger charge is -2.24. The van der Waals surface area contributed by atoms with E-state index in [1.165, 1.54) is 0 Å². The van der Waals surface area contributed by atoms with Crippen molar-refractivity contribution in [3.05, 3.63) is 11.6 Å². The van der Waals surface area contributed by atoms with E-state index in [9.17, 15) is 0 Å². The molecule has 0 aliphatic rings. The first-order valence-electron chi connectivity index (χ1n) is 7.24. The molecule has 0 aromatic carbocycles. The second-order valence-electron chi connectivity index (χ2n) is 6.04. The molecule has 6 nitrogen and oxygen atoms in total. The van der Waals surface area contributed by atoms with E-state index in [4.69, 9.17) is 0 Å². The second-order valence-corrected chi connectivity index (χ2v) is 7.02. The Morgan fingerprint density at radius 3 is 2.50 bits per heavy atom. The van der Waals surface area contributed by atoms with E-state index in [0.717, 1.165) is 36.3 Å². The third kappa shape index (κ3) is 8.21. The number of aryl methyl sites for hydroxylation is 1. The lowest BCUT2D eigenvalue weighted by atomic mass is 10.1. The Morgan fingerprint density at radius 1 is 1.32 bits per heavy atom. The summed E-state index contributed by atoms with van der Waals surface area (Å²) in [5.74, 6) is 3.74. The van der Waals surface area contributed by atoms with Crippen LogP contribution in [-0.4, -0.2) is 44.8 Å². The smallest absolute Gasteiger partial charge is 0.192 e. The molecular formula is C14H29IN6S. The molecule has 0 amide bonds. The molecule has 1 aromatic rings. The van der Waals surface area contributed by atoms with Gasteiger partial charge in [0.1, 0.15) is 12.4 Å². The van der Waals surface area contributed by atoms with Gasteiger partial charge in [0.2, 0.25) is 0 Å². The summed E-state index contributed by atoms with van der Waals surface area (Å²) in [6.45, 7) is 9.75. The molecule has 1 heterocycles. The molecule has 0 aliphatic carbocycles. The van der Waals surface area contributed by atoms with Gasteiger partial charge in [-0.1, -0.05) is 0 Å². The fraction of sp³-hybridized carbons (Fsp3) is 0.786. The van der Waals surface area contributed by atoms with Crippen LogP contribution in [0.2, 0.25) is 0 Å². The molecule has 8 heteroatoms. The maximum Gasteiger partial charge on any atom is 0.192 e. The van der Waals surface area contributed by atoms with Crippen molar-refractivity contribution in [2.45, 2.75) is 46.2 Å². The summed E-state index contributed by atoms with van der Waals surface area (Å²) in [7, 11) is 1.96. The number of hydrogen-bond acceptors (Lipinski definition) is 4. The molecule has 0 saturated heterocycles. The average Bonchev–Trinajstić information content (AvgIpc) is 2.70. The van der Waals surface area contributed by atoms with Crippen LogP contribution in [0.15, 0.2) is 4.99 Å². The van der Waals surface area contributed by atoms with Gasteiger partial charge in [-0.2, -0.15) is 11.8 Å². The Hall–Kier alpha value is -0.510. The topological polar surface area (TPSA) is 67.1 Å². The van der Waals surface area contributed by atoms with Crippen LogP contribution in [0.5, 0.6) is 0 Å². The minimum absolute atomic E-state index is 0. The number of hydrogen-bond donors (Lipinski definition) is 2. The minimum atomic E-state index is -0.0266. The molecule has 0 spiro atoms. The van der Waals surface area contributed by atoms with Crippen LogP contribution >= 0.6 is 35.7 Å². The zero-order valence-corrected chi connectivity index (χ0v) is 17.6. The molecule has 128 valence electrons. The standard InChI is InChI=1S/C14H28N6S.HI/c1-11-18-19-12(20(11)5)10-16-13(17-14(2,3)4)15-8-7-9-21-6;/h7-10H2,1-6H3,(H2,15,16,17);1H. The predicted octanol–water partition coefficient (Wildman–Crippen LogP) is 2.33. The number of rotatable bonds is 6. The quantitative estimate of drug-likeness (QED) is 0.308. The largest absolute Gasteiger partial charge is 0.356 e. The summed E-state index contributed by atoms with van der Waals surface area (Å²) in [5, 5.41) is 15.0. The predicted molar refractivity (Wildman–Crippen MR) is 106 cm³/mol. The summed E-state index contributed by atoms with van der Waals surface area (Å²) in [5.41, 5.74) is -0.0266. The molecule has 0 saturated carbocycles. The zero-order valence-electron chi connectivity index (χ0n) is 14.4. The van der Waals surface area contributed by atoms with Gasteiger partial charge in [0, 0.05) is 19.1 Å². The summed E-state index contributed by atoms with van der Waals surface area (Å²) in [4.78, 5) is 4.62. The van der Waals surface area contributed by atoms with E-state index in [2.05, 4.69) is 52.9 Å². The van der Waals surface area contributed by atoms with Gasteiger partial charge in [-0.3, -0.25) is 0 Å². The third-order valence-electron chi connectivity index (χ3n) is 2.87. The average molecular weight is 440 g/mol. The summed E-state index contributed by atoms with van der Waals surface area (Å²) >= 11 is 1.86. The lowest BCUT2D eigenvalue weighted by Crippen LogP contribution is -2.48. The van der Waals surface area contributed by atoms with E-state index in [1.807, 2.05) is 30.3 Å². The number of nitrogens with one attached hydrogen (secondary N) is 2. The van der Waals surface area contributed by atoms with Gasteiger partial charge >= 0.3 is 0 Å². The van der Waals surface area contributed by atoms with Crippen LogP contribution in [0.4, 0.5) is 0 Å². The number of guanidine groups is 1. The fourth-order valence-corrected chi connectivity index (χ4v) is 2.09. The SMILES string of the molecule is CSCCCNC(=NCc1nnc(C)n1C)NC(C)(C)C.I. The summed E-state index contributed by atoms with van der Waals surface area (Å²) < 4.78 is 1.96. The Morgan fingerprint density at radius 2 is 2.00 bits per heavy atom. The van der Waals surface area contributed by atoms with Crippen molar-refractivity contribution in [2.75, 3.05) is 18.6 Å². The fourth-order valence-electron chi connectivity index (χ4n) is 1.66. The highest BCUT2D eigenvalue weighted by Gasteiger charge is 2.12. The van der Waals surface area contributed by atoms with Crippen LogP contribution < -0.4 is 10.6 Å². The Labute approximate surface area is 155 Å². The van der Waals surface area contributed by atoms with Crippen LogP contribution in [0.1, 0.15) is 38.8 Å².